The summed E-state index contributed by atoms with van der Waals surface area (Å²) in [4.78, 5) is 24.4. The highest BCUT2D eigenvalue weighted by atomic mass is 79.9. The molecule has 0 spiro atoms. The fraction of sp³-hybridized carbons (Fsp3) is 0.273. The molecule has 0 aliphatic carbocycles. The Kier molecular flexibility index (Phi) is 3.15. The third kappa shape index (κ3) is 2.17. The van der Waals surface area contributed by atoms with Gasteiger partial charge in [-0.15, -0.1) is 0 Å². The van der Waals surface area contributed by atoms with Gasteiger partial charge in [0.05, 0.1) is 12.2 Å². The highest BCUT2D eigenvalue weighted by molar-refractivity contribution is 9.10. The molecule has 1 aliphatic heterocycles. The lowest BCUT2D eigenvalue weighted by Crippen LogP contribution is -2.57. The number of anilines is 1. The average molecular weight is 301 g/mol. The van der Waals surface area contributed by atoms with Crippen molar-refractivity contribution in [1.29, 1.82) is 0 Å². The molecular weight excluding hydrogens is 291 g/mol. The van der Waals surface area contributed by atoms with Crippen molar-refractivity contribution in [2.45, 2.75) is 13.0 Å². The molecular formula is C11H10BrFN2O2. The molecule has 0 saturated carbocycles. The van der Waals surface area contributed by atoms with E-state index in [0.717, 1.165) is 0 Å². The van der Waals surface area contributed by atoms with Crippen LogP contribution >= 0.6 is 15.9 Å². The van der Waals surface area contributed by atoms with Crippen molar-refractivity contribution in [3.8, 4) is 0 Å². The van der Waals surface area contributed by atoms with Crippen molar-refractivity contribution in [3.63, 3.8) is 0 Å². The standard InChI is InChI=1S/C11H10BrFN2O2/c1-6-11(17)14-5-10(16)15(6)9-4-7(12)2-3-8(9)13/h2-4,6H,5H2,1H3,(H,14,17). The first-order valence-electron chi connectivity index (χ1n) is 5.05. The monoisotopic (exact) mass is 300 g/mol. The molecule has 90 valence electrons. The minimum Gasteiger partial charge on any atom is -0.345 e. The van der Waals surface area contributed by atoms with E-state index >= 15 is 0 Å². The zero-order valence-corrected chi connectivity index (χ0v) is 10.6. The van der Waals surface area contributed by atoms with Gasteiger partial charge in [-0.25, -0.2) is 4.39 Å². The van der Waals surface area contributed by atoms with Crippen LogP contribution in [0.15, 0.2) is 22.7 Å². The number of halogens is 2. The Hall–Kier alpha value is -1.43. The highest BCUT2D eigenvalue weighted by Gasteiger charge is 2.33. The topological polar surface area (TPSA) is 49.4 Å². The molecule has 2 amide bonds. The van der Waals surface area contributed by atoms with Gasteiger partial charge in [-0.3, -0.25) is 14.5 Å². The lowest BCUT2D eigenvalue weighted by Gasteiger charge is -2.32. The number of nitrogens with one attached hydrogen (secondary N) is 1. The van der Waals surface area contributed by atoms with Crippen LogP contribution in [0.2, 0.25) is 0 Å². The molecule has 1 fully saturated rings. The first-order chi connectivity index (χ1) is 8.00. The summed E-state index contributed by atoms with van der Waals surface area (Å²) in [7, 11) is 0. The molecule has 0 radical (unpaired) electrons. The number of rotatable bonds is 1. The van der Waals surface area contributed by atoms with E-state index in [1.165, 1.54) is 23.1 Å². The number of piperazine rings is 1. The second kappa shape index (κ2) is 4.44. The smallest absolute Gasteiger partial charge is 0.247 e. The van der Waals surface area contributed by atoms with E-state index in [1.54, 1.807) is 6.92 Å². The van der Waals surface area contributed by atoms with Gasteiger partial charge in [0.25, 0.3) is 0 Å². The fourth-order valence-electron chi connectivity index (χ4n) is 1.74. The van der Waals surface area contributed by atoms with Crippen molar-refractivity contribution >= 4 is 33.4 Å². The lowest BCUT2D eigenvalue weighted by atomic mass is 10.1. The second-order valence-corrected chi connectivity index (χ2v) is 4.67. The Labute approximate surface area is 106 Å². The van der Waals surface area contributed by atoms with Crippen LogP contribution in [-0.4, -0.2) is 24.4 Å². The molecule has 1 unspecified atom stereocenters. The third-order valence-electron chi connectivity index (χ3n) is 2.62. The number of nitrogens with zero attached hydrogens (tertiary/aromatic N) is 1. The molecule has 1 aliphatic rings. The molecule has 0 bridgehead atoms. The van der Waals surface area contributed by atoms with Crippen LogP contribution in [0.25, 0.3) is 0 Å². The number of benzene rings is 1. The number of carbonyl (C=O) groups is 2. The molecule has 1 atom stereocenters. The number of hydrogen-bond donors (Lipinski definition) is 1. The first kappa shape index (κ1) is 12.0. The Bertz CT molecular complexity index is 492. The van der Waals surface area contributed by atoms with Gasteiger partial charge >= 0.3 is 0 Å². The van der Waals surface area contributed by atoms with Gasteiger partial charge in [0.15, 0.2) is 0 Å². The molecule has 1 aromatic carbocycles. The lowest BCUT2D eigenvalue weighted by molar-refractivity contribution is -0.130. The van der Waals surface area contributed by atoms with Crippen LogP contribution < -0.4 is 10.2 Å². The minimum atomic E-state index is -0.708. The van der Waals surface area contributed by atoms with E-state index in [0.29, 0.717) is 4.47 Å². The summed E-state index contributed by atoms with van der Waals surface area (Å²) in [6, 6.07) is 3.58. The van der Waals surface area contributed by atoms with E-state index in [4.69, 9.17) is 0 Å². The molecule has 1 N–H and O–H groups in total. The molecule has 2 rings (SSSR count). The van der Waals surface area contributed by atoms with Crippen molar-refractivity contribution < 1.29 is 14.0 Å². The summed E-state index contributed by atoms with van der Waals surface area (Å²) in [5.41, 5.74) is 0.117. The maximum atomic E-state index is 13.7. The predicted molar refractivity (Wildman–Crippen MR) is 64.1 cm³/mol. The maximum Gasteiger partial charge on any atom is 0.247 e. The van der Waals surface area contributed by atoms with Gasteiger partial charge in [-0.05, 0) is 25.1 Å². The summed E-state index contributed by atoms with van der Waals surface area (Å²) in [6.45, 7) is 1.46. The number of carbonyl (C=O) groups excluding carboxylic acids is 2. The number of hydrogen-bond acceptors (Lipinski definition) is 2. The molecule has 1 saturated heterocycles. The van der Waals surface area contributed by atoms with Gasteiger partial charge in [-0.1, -0.05) is 15.9 Å². The normalized spacial score (nSPS) is 20.4. The summed E-state index contributed by atoms with van der Waals surface area (Å²) in [6.07, 6.45) is 0. The van der Waals surface area contributed by atoms with Crippen LogP contribution in [0.1, 0.15) is 6.92 Å². The van der Waals surface area contributed by atoms with E-state index in [9.17, 15) is 14.0 Å². The van der Waals surface area contributed by atoms with Crippen LogP contribution in [0.5, 0.6) is 0 Å². The van der Waals surface area contributed by atoms with Crippen molar-refractivity contribution in [2.24, 2.45) is 0 Å². The summed E-state index contributed by atoms with van der Waals surface area (Å²) in [5, 5.41) is 2.45. The quantitative estimate of drug-likeness (QED) is 0.853. The number of amides is 2. The second-order valence-electron chi connectivity index (χ2n) is 3.75. The van der Waals surface area contributed by atoms with Crippen LogP contribution in [0.4, 0.5) is 10.1 Å². The van der Waals surface area contributed by atoms with Crippen molar-refractivity contribution in [1.82, 2.24) is 5.32 Å². The van der Waals surface area contributed by atoms with Gasteiger partial charge < -0.3 is 5.32 Å². The molecule has 17 heavy (non-hydrogen) atoms. The molecule has 6 heteroatoms. The van der Waals surface area contributed by atoms with Crippen molar-refractivity contribution in [2.75, 3.05) is 11.4 Å². The molecule has 1 heterocycles. The summed E-state index contributed by atoms with van der Waals surface area (Å²) in [5.74, 6) is -1.14. The molecule has 0 aromatic heterocycles. The highest BCUT2D eigenvalue weighted by Crippen LogP contribution is 2.26. The largest absolute Gasteiger partial charge is 0.345 e. The average Bonchev–Trinajstić information content (AvgIpc) is 2.29. The minimum absolute atomic E-state index is 0.102. The Morgan fingerprint density at radius 1 is 1.47 bits per heavy atom. The Morgan fingerprint density at radius 2 is 2.18 bits per heavy atom. The Morgan fingerprint density at radius 3 is 2.88 bits per heavy atom. The molecule has 1 aromatic rings. The van der Waals surface area contributed by atoms with Crippen LogP contribution in [0.3, 0.4) is 0 Å². The van der Waals surface area contributed by atoms with Crippen LogP contribution in [-0.2, 0) is 9.59 Å². The van der Waals surface area contributed by atoms with Gasteiger partial charge in [0.2, 0.25) is 11.8 Å². The van der Waals surface area contributed by atoms with Gasteiger partial charge in [-0.2, -0.15) is 0 Å². The third-order valence-corrected chi connectivity index (χ3v) is 3.11. The SMILES string of the molecule is CC1C(=O)NCC(=O)N1c1cc(Br)ccc1F. The zero-order chi connectivity index (χ0) is 12.6. The summed E-state index contributed by atoms with van der Waals surface area (Å²) >= 11 is 3.21. The Balaban J connectivity index is 2.46. The van der Waals surface area contributed by atoms with E-state index in [2.05, 4.69) is 21.2 Å². The van der Waals surface area contributed by atoms with Crippen molar-refractivity contribution in [3.05, 3.63) is 28.5 Å². The first-order valence-corrected chi connectivity index (χ1v) is 5.85. The van der Waals surface area contributed by atoms with Crippen LogP contribution in [0, 0.1) is 5.82 Å². The fourth-order valence-corrected chi connectivity index (χ4v) is 2.09. The van der Waals surface area contributed by atoms with E-state index < -0.39 is 11.9 Å². The van der Waals surface area contributed by atoms with E-state index in [-0.39, 0.29) is 24.0 Å². The zero-order valence-electron chi connectivity index (χ0n) is 9.04. The predicted octanol–water partition coefficient (Wildman–Crippen LogP) is 1.44. The molecule has 4 nitrogen and oxygen atoms in total. The van der Waals surface area contributed by atoms with E-state index in [1.807, 2.05) is 0 Å². The van der Waals surface area contributed by atoms with Gasteiger partial charge in [0.1, 0.15) is 11.9 Å². The maximum absolute atomic E-state index is 13.7. The van der Waals surface area contributed by atoms with Gasteiger partial charge in [0, 0.05) is 4.47 Å². The summed E-state index contributed by atoms with van der Waals surface area (Å²) < 4.78 is 14.3.